The zero-order valence-corrected chi connectivity index (χ0v) is 11.6. The molecule has 0 saturated heterocycles. The molecule has 1 atom stereocenters. The Balaban J connectivity index is 4.04. The Kier molecular flexibility index (Phi) is 7.34. The molecule has 1 nitrogen and oxygen atoms in total. The second kappa shape index (κ2) is 7.32. The molecule has 0 amide bonds. The lowest BCUT2D eigenvalue weighted by Gasteiger charge is -2.33. The van der Waals surface area contributed by atoms with E-state index >= 15 is 0 Å². The quantitative estimate of drug-likeness (QED) is 0.550. The molecule has 0 aromatic heterocycles. The van der Waals surface area contributed by atoms with Gasteiger partial charge >= 0.3 is 0 Å². The van der Waals surface area contributed by atoms with Gasteiger partial charge in [-0.25, -0.2) is 0 Å². The molecule has 0 aliphatic rings. The molecule has 1 radical (unpaired) electrons. The van der Waals surface area contributed by atoms with Gasteiger partial charge in [0.05, 0.1) is 0 Å². The first-order valence-electron chi connectivity index (χ1n) is 6.48. The Morgan fingerprint density at radius 1 is 1.27 bits per heavy atom. The molecule has 0 heterocycles. The summed E-state index contributed by atoms with van der Waals surface area (Å²) in [5.74, 6) is 0.862. The van der Waals surface area contributed by atoms with E-state index in [1.165, 1.54) is 25.8 Å². The average Bonchev–Trinajstić information content (AvgIpc) is 2.13. The molecule has 0 rings (SSSR count). The molecule has 0 aliphatic carbocycles. The van der Waals surface area contributed by atoms with Crippen LogP contribution in [0.2, 0.25) is 6.82 Å². The molecule has 15 heavy (non-hydrogen) atoms. The number of rotatable bonds is 8. The third-order valence-electron chi connectivity index (χ3n) is 3.08. The van der Waals surface area contributed by atoms with Gasteiger partial charge in [-0.1, -0.05) is 54.3 Å². The highest BCUT2D eigenvalue weighted by Gasteiger charge is 2.22. The summed E-state index contributed by atoms with van der Waals surface area (Å²) in [5, 5.41) is 0. The highest BCUT2D eigenvalue weighted by atomic mass is 15.0. The Morgan fingerprint density at radius 3 is 2.27 bits per heavy atom. The fourth-order valence-electron chi connectivity index (χ4n) is 2.54. The molecule has 1 unspecified atom stereocenters. The Labute approximate surface area is 97.9 Å². The van der Waals surface area contributed by atoms with E-state index in [0.29, 0.717) is 5.41 Å². The summed E-state index contributed by atoms with van der Waals surface area (Å²) in [6, 6.07) is 0. The normalized spacial score (nSPS) is 14.3. The third kappa shape index (κ3) is 7.00. The van der Waals surface area contributed by atoms with E-state index in [2.05, 4.69) is 53.7 Å². The minimum atomic E-state index is 0.442. The van der Waals surface area contributed by atoms with E-state index in [-0.39, 0.29) is 0 Å². The van der Waals surface area contributed by atoms with Crippen molar-refractivity contribution < 1.29 is 0 Å². The van der Waals surface area contributed by atoms with Crippen LogP contribution in [0.1, 0.15) is 53.9 Å². The summed E-state index contributed by atoms with van der Waals surface area (Å²) in [7, 11) is 2.21. The van der Waals surface area contributed by atoms with Gasteiger partial charge < -0.3 is 4.81 Å². The molecule has 0 aromatic rings. The Hall–Kier alpha value is 0.0249. The molecule has 0 fully saturated rings. The van der Waals surface area contributed by atoms with Gasteiger partial charge in [-0.15, -0.1) is 0 Å². The van der Waals surface area contributed by atoms with E-state index in [0.717, 1.165) is 12.5 Å². The van der Waals surface area contributed by atoms with E-state index in [1.54, 1.807) is 0 Å². The van der Waals surface area contributed by atoms with Gasteiger partial charge in [-0.3, -0.25) is 0 Å². The van der Waals surface area contributed by atoms with Crippen molar-refractivity contribution in [2.75, 3.05) is 13.1 Å². The van der Waals surface area contributed by atoms with Crippen LogP contribution in [0.4, 0.5) is 0 Å². The van der Waals surface area contributed by atoms with Crippen molar-refractivity contribution in [2.24, 2.45) is 11.3 Å². The Bertz CT molecular complexity index is 153. The highest BCUT2D eigenvalue weighted by molar-refractivity contribution is 6.29. The van der Waals surface area contributed by atoms with Crippen LogP contribution < -0.4 is 0 Å². The Morgan fingerprint density at radius 2 is 1.87 bits per heavy atom. The maximum absolute atomic E-state index is 2.42. The number of hydrogen-bond donors (Lipinski definition) is 0. The van der Waals surface area contributed by atoms with Gasteiger partial charge in [-0.2, -0.15) is 0 Å². The zero-order valence-electron chi connectivity index (χ0n) is 11.6. The lowest BCUT2D eigenvalue weighted by Crippen LogP contribution is -2.36. The smallest absolute Gasteiger partial charge is 0.205 e. The molecular weight excluding hydrogens is 181 g/mol. The van der Waals surface area contributed by atoms with Crippen LogP contribution in [0.5, 0.6) is 0 Å². The van der Waals surface area contributed by atoms with Crippen molar-refractivity contribution in [3.05, 3.63) is 0 Å². The number of nitrogens with zero attached hydrogens (tertiary/aromatic N) is 1. The fourth-order valence-corrected chi connectivity index (χ4v) is 2.54. The molecular formula is C13H29BN. The van der Waals surface area contributed by atoms with Crippen molar-refractivity contribution >= 4 is 7.41 Å². The molecule has 0 spiro atoms. The molecule has 89 valence electrons. The summed E-state index contributed by atoms with van der Waals surface area (Å²) >= 11 is 0. The van der Waals surface area contributed by atoms with Gasteiger partial charge in [0.1, 0.15) is 0 Å². The van der Waals surface area contributed by atoms with Crippen LogP contribution in [-0.2, 0) is 0 Å². The summed E-state index contributed by atoms with van der Waals surface area (Å²) in [5.41, 5.74) is 0.442. The average molecular weight is 210 g/mol. The van der Waals surface area contributed by atoms with Gasteiger partial charge in [0, 0.05) is 0 Å². The second-order valence-corrected chi connectivity index (χ2v) is 5.58. The first-order chi connectivity index (χ1) is 6.95. The predicted octanol–water partition coefficient (Wildman–Crippen LogP) is 3.83. The van der Waals surface area contributed by atoms with E-state index in [9.17, 15) is 0 Å². The first kappa shape index (κ1) is 15.0. The molecule has 0 aliphatic heterocycles. The van der Waals surface area contributed by atoms with Crippen molar-refractivity contribution in [3.8, 4) is 0 Å². The van der Waals surface area contributed by atoms with Crippen LogP contribution in [0.15, 0.2) is 0 Å². The first-order valence-corrected chi connectivity index (χ1v) is 6.48. The SMILES string of the molecule is C[B]N(CC)CC(C)(C)CC(C)CCC. The molecule has 0 saturated carbocycles. The summed E-state index contributed by atoms with van der Waals surface area (Å²) in [4.78, 5) is 2.42. The third-order valence-corrected chi connectivity index (χ3v) is 3.08. The lowest BCUT2D eigenvalue weighted by molar-refractivity contribution is 0.213. The predicted molar refractivity (Wildman–Crippen MR) is 71.3 cm³/mol. The van der Waals surface area contributed by atoms with Crippen molar-refractivity contribution in [1.29, 1.82) is 0 Å². The van der Waals surface area contributed by atoms with Crippen molar-refractivity contribution in [2.45, 2.75) is 60.7 Å². The van der Waals surface area contributed by atoms with E-state index in [1.807, 2.05) is 0 Å². The van der Waals surface area contributed by atoms with E-state index < -0.39 is 0 Å². The van der Waals surface area contributed by atoms with Crippen molar-refractivity contribution in [3.63, 3.8) is 0 Å². The van der Waals surface area contributed by atoms with Crippen LogP contribution in [0.25, 0.3) is 0 Å². The van der Waals surface area contributed by atoms with Crippen LogP contribution in [0.3, 0.4) is 0 Å². The molecule has 0 aromatic carbocycles. The monoisotopic (exact) mass is 210 g/mol. The topological polar surface area (TPSA) is 3.24 Å². The summed E-state index contributed by atoms with van der Waals surface area (Å²) in [6.45, 7) is 16.1. The summed E-state index contributed by atoms with van der Waals surface area (Å²) < 4.78 is 0. The molecule has 2 heteroatoms. The maximum atomic E-state index is 2.42. The largest absolute Gasteiger partial charge is 0.347 e. The molecule has 0 bridgehead atoms. The number of hydrogen-bond acceptors (Lipinski definition) is 1. The van der Waals surface area contributed by atoms with Crippen molar-refractivity contribution in [1.82, 2.24) is 4.81 Å². The van der Waals surface area contributed by atoms with Gasteiger partial charge in [0.25, 0.3) is 0 Å². The fraction of sp³-hybridized carbons (Fsp3) is 1.00. The van der Waals surface area contributed by atoms with Crippen LogP contribution in [-0.4, -0.2) is 25.3 Å². The van der Waals surface area contributed by atoms with Gasteiger partial charge in [0.15, 0.2) is 0 Å². The van der Waals surface area contributed by atoms with Crippen LogP contribution in [0, 0.1) is 11.3 Å². The second-order valence-electron chi connectivity index (χ2n) is 5.58. The van der Waals surface area contributed by atoms with E-state index in [4.69, 9.17) is 0 Å². The maximum Gasteiger partial charge on any atom is 0.205 e. The lowest BCUT2D eigenvalue weighted by atomic mass is 9.79. The minimum Gasteiger partial charge on any atom is -0.347 e. The zero-order chi connectivity index (χ0) is 11.9. The van der Waals surface area contributed by atoms with Crippen LogP contribution >= 0.6 is 0 Å². The summed E-state index contributed by atoms with van der Waals surface area (Å²) in [6.07, 6.45) is 4.02. The standard InChI is InChI=1S/C13H29BN/c1-7-9-12(3)10-13(4,5)11-15(8-2)14-6/h12H,7-11H2,1-6H3. The minimum absolute atomic E-state index is 0.442. The highest BCUT2D eigenvalue weighted by Crippen LogP contribution is 2.28. The van der Waals surface area contributed by atoms with Gasteiger partial charge in [0.2, 0.25) is 7.41 Å². The van der Waals surface area contributed by atoms with Gasteiger partial charge in [-0.05, 0) is 30.8 Å². The molecule has 0 N–H and O–H groups in total.